The molecule has 1 N–H and O–H groups in total. The lowest BCUT2D eigenvalue weighted by molar-refractivity contribution is -0.0160. The summed E-state index contributed by atoms with van der Waals surface area (Å²) in [4.78, 5) is 18.1. The number of fused-ring (bicyclic) bond motifs is 3. The van der Waals surface area contributed by atoms with Crippen molar-refractivity contribution in [2.24, 2.45) is 5.92 Å². The number of aromatic nitrogens is 2. The standard InChI is InChI=1S/C28H33N3O3/c1-30(2)28(33)21-7-5-6-19(14-21)17-34-22-12-10-20(11-13-22)27(32)15-25-23-8-3-4-9-24(23)26-16-29-18-31(25)26/h3-9,14,16,18,20,22,25,27,32H,10-13,15,17H2,1-2H3/t20-,22-,25?,27?. The number of ether oxygens (including phenoxy) is 1. The summed E-state index contributed by atoms with van der Waals surface area (Å²) < 4.78 is 8.40. The molecular formula is C28H33N3O3. The first-order valence-electron chi connectivity index (χ1n) is 12.2. The first kappa shape index (κ1) is 22.8. The molecule has 5 rings (SSSR count). The highest BCUT2D eigenvalue weighted by atomic mass is 16.5. The van der Waals surface area contributed by atoms with E-state index in [1.807, 2.05) is 36.8 Å². The topological polar surface area (TPSA) is 67.6 Å². The van der Waals surface area contributed by atoms with E-state index in [9.17, 15) is 9.90 Å². The summed E-state index contributed by atoms with van der Waals surface area (Å²) >= 11 is 0. The highest BCUT2D eigenvalue weighted by Crippen LogP contribution is 2.42. The Morgan fingerprint density at radius 1 is 1.15 bits per heavy atom. The number of rotatable bonds is 7. The summed E-state index contributed by atoms with van der Waals surface area (Å²) in [5, 5.41) is 11.1. The largest absolute Gasteiger partial charge is 0.393 e. The predicted molar refractivity (Wildman–Crippen MR) is 131 cm³/mol. The number of benzene rings is 2. The Morgan fingerprint density at radius 2 is 1.94 bits per heavy atom. The normalized spacial score (nSPS) is 22.1. The van der Waals surface area contributed by atoms with Crippen LogP contribution in [0.1, 0.15) is 59.6 Å². The van der Waals surface area contributed by atoms with Gasteiger partial charge in [0.25, 0.3) is 5.91 Å². The number of hydrogen-bond donors (Lipinski definition) is 1. The number of hydrogen-bond acceptors (Lipinski definition) is 4. The van der Waals surface area contributed by atoms with E-state index in [1.54, 1.807) is 19.0 Å². The molecule has 34 heavy (non-hydrogen) atoms. The van der Waals surface area contributed by atoms with E-state index in [1.165, 1.54) is 11.1 Å². The van der Waals surface area contributed by atoms with Crippen LogP contribution in [0.15, 0.2) is 61.1 Å². The quantitative estimate of drug-likeness (QED) is 0.557. The van der Waals surface area contributed by atoms with Gasteiger partial charge in [-0.25, -0.2) is 4.98 Å². The molecule has 2 heterocycles. The molecule has 0 bridgehead atoms. The van der Waals surface area contributed by atoms with Gasteiger partial charge in [0.15, 0.2) is 0 Å². The monoisotopic (exact) mass is 459 g/mol. The highest BCUT2D eigenvalue weighted by Gasteiger charge is 2.33. The molecule has 6 heteroatoms. The second-order valence-corrected chi connectivity index (χ2v) is 9.84. The zero-order chi connectivity index (χ0) is 23.7. The second kappa shape index (κ2) is 9.72. The number of amides is 1. The molecule has 1 saturated carbocycles. The molecule has 3 aromatic rings. The molecule has 0 spiro atoms. The summed E-state index contributed by atoms with van der Waals surface area (Å²) in [5.41, 5.74) is 5.36. The molecule has 2 unspecified atom stereocenters. The molecule has 1 amide bonds. The first-order valence-corrected chi connectivity index (χ1v) is 12.2. The van der Waals surface area contributed by atoms with Gasteiger partial charge in [0.1, 0.15) is 0 Å². The number of carbonyl (C=O) groups is 1. The van der Waals surface area contributed by atoms with Gasteiger partial charge in [-0.15, -0.1) is 0 Å². The summed E-state index contributed by atoms with van der Waals surface area (Å²) in [6.07, 6.45) is 8.21. The molecule has 1 aliphatic heterocycles. The molecule has 1 fully saturated rings. The van der Waals surface area contributed by atoms with Gasteiger partial charge in [-0.2, -0.15) is 0 Å². The third-order valence-electron chi connectivity index (χ3n) is 7.39. The molecule has 2 atom stereocenters. The maximum atomic E-state index is 12.2. The van der Waals surface area contributed by atoms with Crippen LogP contribution in [0, 0.1) is 5.92 Å². The minimum Gasteiger partial charge on any atom is -0.393 e. The third kappa shape index (κ3) is 4.52. The summed E-state index contributed by atoms with van der Waals surface area (Å²) in [6, 6.07) is 16.3. The smallest absolute Gasteiger partial charge is 0.253 e. The van der Waals surface area contributed by atoms with E-state index in [0.29, 0.717) is 24.5 Å². The number of imidazole rings is 1. The zero-order valence-electron chi connectivity index (χ0n) is 19.9. The molecule has 1 aliphatic carbocycles. The molecule has 1 aromatic heterocycles. The highest BCUT2D eigenvalue weighted by molar-refractivity contribution is 5.94. The molecule has 2 aromatic carbocycles. The van der Waals surface area contributed by atoms with E-state index in [2.05, 4.69) is 33.8 Å². The Kier molecular flexibility index (Phi) is 6.53. The van der Waals surface area contributed by atoms with Crippen LogP contribution in [0.2, 0.25) is 0 Å². The number of aliphatic hydroxyl groups is 1. The third-order valence-corrected chi connectivity index (χ3v) is 7.39. The van der Waals surface area contributed by atoms with Crippen molar-refractivity contribution >= 4 is 5.91 Å². The molecule has 178 valence electrons. The molecule has 0 saturated heterocycles. The van der Waals surface area contributed by atoms with Crippen molar-refractivity contribution in [2.75, 3.05) is 14.1 Å². The zero-order valence-corrected chi connectivity index (χ0v) is 19.9. The lowest BCUT2D eigenvalue weighted by Crippen LogP contribution is -2.30. The Balaban J connectivity index is 1.14. The van der Waals surface area contributed by atoms with Gasteiger partial charge in [0, 0.05) is 25.2 Å². The SMILES string of the molecule is CN(C)C(=O)c1cccc(CO[C@H]2CC[C@H](C(O)CC3c4ccccc4-c4cncn43)CC2)c1. The van der Waals surface area contributed by atoms with Crippen LogP contribution in [-0.4, -0.2) is 51.8 Å². The van der Waals surface area contributed by atoms with Gasteiger partial charge in [-0.05, 0) is 61.3 Å². The minimum atomic E-state index is -0.346. The van der Waals surface area contributed by atoms with Crippen LogP contribution in [-0.2, 0) is 11.3 Å². The van der Waals surface area contributed by atoms with Crippen molar-refractivity contribution in [3.63, 3.8) is 0 Å². The van der Waals surface area contributed by atoms with E-state index < -0.39 is 0 Å². The maximum absolute atomic E-state index is 12.2. The number of nitrogens with zero attached hydrogens (tertiary/aromatic N) is 3. The van der Waals surface area contributed by atoms with Gasteiger partial charge in [-0.1, -0.05) is 36.4 Å². The molecule has 0 radical (unpaired) electrons. The van der Waals surface area contributed by atoms with Crippen LogP contribution in [0.4, 0.5) is 0 Å². The van der Waals surface area contributed by atoms with Crippen LogP contribution >= 0.6 is 0 Å². The van der Waals surface area contributed by atoms with E-state index in [4.69, 9.17) is 4.74 Å². The number of aliphatic hydroxyl groups excluding tert-OH is 1. The van der Waals surface area contributed by atoms with Gasteiger partial charge in [-0.3, -0.25) is 4.79 Å². The van der Waals surface area contributed by atoms with E-state index in [0.717, 1.165) is 36.9 Å². The van der Waals surface area contributed by atoms with Gasteiger partial charge < -0.3 is 19.3 Å². The van der Waals surface area contributed by atoms with Crippen molar-refractivity contribution in [2.45, 2.75) is 57.0 Å². The summed E-state index contributed by atoms with van der Waals surface area (Å²) in [7, 11) is 3.52. The fourth-order valence-electron chi connectivity index (χ4n) is 5.50. The van der Waals surface area contributed by atoms with Crippen LogP contribution in [0.25, 0.3) is 11.3 Å². The first-order chi connectivity index (χ1) is 16.5. The maximum Gasteiger partial charge on any atom is 0.253 e. The molecular weight excluding hydrogens is 426 g/mol. The summed E-state index contributed by atoms with van der Waals surface area (Å²) in [6.45, 7) is 0.509. The lowest BCUT2D eigenvalue weighted by Gasteiger charge is -2.32. The van der Waals surface area contributed by atoms with Gasteiger partial charge in [0.2, 0.25) is 0 Å². The fraction of sp³-hybridized carbons (Fsp3) is 0.429. The van der Waals surface area contributed by atoms with Crippen molar-refractivity contribution in [1.82, 2.24) is 14.5 Å². The Labute approximate surface area is 201 Å². The van der Waals surface area contributed by atoms with E-state index in [-0.39, 0.29) is 24.2 Å². The average molecular weight is 460 g/mol. The predicted octanol–water partition coefficient (Wildman–Crippen LogP) is 4.68. The van der Waals surface area contributed by atoms with E-state index >= 15 is 0 Å². The summed E-state index contributed by atoms with van der Waals surface area (Å²) in [5.74, 6) is 0.296. The van der Waals surface area contributed by atoms with Crippen LogP contribution in [0.5, 0.6) is 0 Å². The molecule has 2 aliphatic rings. The van der Waals surface area contributed by atoms with Crippen LogP contribution < -0.4 is 0 Å². The fourth-order valence-corrected chi connectivity index (χ4v) is 5.50. The Morgan fingerprint density at radius 3 is 2.74 bits per heavy atom. The van der Waals surface area contributed by atoms with Gasteiger partial charge >= 0.3 is 0 Å². The average Bonchev–Trinajstić information content (AvgIpc) is 3.45. The molecule has 6 nitrogen and oxygen atoms in total. The number of carbonyl (C=O) groups excluding carboxylic acids is 1. The van der Waals surface area contributed by atoms with Crippen molar-refractivity contribution in [3.05, 3.63) is 77.7 Å². The van der Waals surface area contributed by atoms with Crippen molar-refractivity contribution in [1.29, 1.82) is 0 Å². The van der Waals surface area contributed by atoms with Crippen molar-refractivity contribution < 1.29 is 14.6 Å². The lowest BCUT2D eigenvalue weighted by atomic mass is 9.81. The Hall–Kier alpha value is -2.96. The second-order valence-electron chi connectivity index (χ2n) is 9.84. The Bertz CT molecular complexity index is 1150. The minimum absolute atomic E-state index is 0.00375. The van der Waals surface area contributed by atoms with Gasteiger partial charge in [0.05, 0.1) is 43.1 Å². The van der Waals surface area contributed by atoms with Crippen molar-refractivity contribution in [3.8, 4) is 11.3 Å². The van der Waals surface area contributed by atoms with Crippen LogP contribution in [0.3, 0.4) is 0 Å².